The number of hydrogen-bond donors (Lipinski definition) is 1. The second-order valence-electron chi connectivity index (χ2n) is 6.79. The Morgan fingerprint density at radius 2 is 2.00 bits per heavy atom. The van der Waals surface area contributed by atoms with E-state index in [0.717, 1.165) is 35.8 Å². The second-order valence-corrected chi connectivity index (χ2v) is 6.79. The fourth-order valence-corrected chi connectivity index (χ4v) is 3.60. The summed E-state index contributed by atoms with van der Waals surface area (Å²) in [5.74, 6) is 0.384. The first-order valence-corrected chi connectivity index (χ1v) is 8.71. The summed E-state index contributed by atoms with van der Waals surface area (Å²) in [4.78, 5) is 12.7. The number of hydrogen-bond acceptors (Lipinski definition) is 3. The molecular formula is C21H20FNO3. The average molecular weight is 353 g/mol. The van der Waals surface area contributed by atoms with Crippen molar-refractivity contribution in [2.24, 2.45) is 0 Å². The van der Waals surface area contributed by atoms with Crippen molar-refractivity contribution >= 4 is 16.9 Å². The van der Waals surface area contributed by atoms with Gasteiger partial charge in [0.1, 0.15) is 17.1 Å². The molecule has 0 spiro atoms. The van der Waals surface area contributed by atoms with Gasteiger partial charge in [-0.3, -0.25) is 4.79 Å². The molecule has 1 amide bonds. The summed E-state index contributed by atoms with van der Waals surface area (Å²) < 4.78 is 24.0. The number of fused-ring (bicyclic) bond motifs is 1. The third-order valence-electron chi connectivity index (χ3n) is 5.20. The van der Waals surface area contributed by atoms with E-state index in [9.17, 15) is 9.18 Å². The van der Waals surface area contributed by atoms with E-state index in [1.807, 2.05) is 18.2 Å². The quantitative estimate of drug-likeness (QED) is 0.743. The zero-order valence-corrected chi connectivity index (χ0v) is 14.5. The second kappa shape index (κ2) is 6.48. The van der Waals surface area contributed by atoms with E-state index in [4.69, 9.17) is 9.15 Å². The lowest BCUT2D eigenvalue weighted by molar-refractivity contribution is -0.123. The molecule has 5 heteroatoms. The molecule has 1 saturated carbocycles. The molecule has 4 nitrogen and oxygen atoms in total. The molecule has 2 aromatic carbocycles. The highest BCUT2D eigenvalue weighted by Gasteiger charge is 2.40. The third kappa shape index (κ3) is 2.94. The molecule has 4 rings (SSSR count). The Morgan fingerprint density at radius 3 is 2.65 bits per heavy atom. The molecule has 3 aromatic rings. The maximum Gasteiger partial charge on any atom is 0.225 e. The molecule has 1 aromatic heterocycles. The number of methoxy groups -OCH3 is 1. The minimum absolute atomic E-state index is 0.0625. The zero-order chi connectivity index (χ0) is 18.1. The van der Waals surface area contributed by atoms with Crippen LogP contribution in [0.3, 0.4) is 0 Å². The maximum atomic E-state index is 13.2. The highest BCUT2D eigenvalue weighted by Crippen LogP contribution is 2.41. The number of carbonyl (C=O) groups is 1. The Bertz CT molecular complexity index is 942. The number of carbonyl (C=O) groups excluding carboxylic acids is 1. The SMILES string of the molecule is COc1ccc2c(CC(=O)NC3(c4ccc(F)cc4)CCC3)coc2c1. The van der Waals surface area contributed by atoms with E-state index in [-0.39, 0.29) is 23.7 Å². The average Bonchev–Trinajstić information content (AvgIpc) is 3.01. The van der Waals surface area contributed by atoms with Crippen molar-refractivity contribution in [2.45, 2.75) is 31.2 Å². The lowest BCUT2D eigenvalue weighted by Crippen LogP contribution is -2.51. The summed E-state index contributed by atoms with van der Waals surface area (Å²) in [7, 11) is 1.60. The van der Waals surface area contributed by atoms with Crippen LogP contribution in [0.25, 0.3) is 11.0 Å². The van der Waals surface area contributed by atoms with Crippen LogP contribution in [0.4, 0.5) is 4.39 Å². The van der Waals surface area contributed by atoms with Crippen molar-refractivity contribution in [1.82, 2.24) is 5.32 Å². The monoisotopic (exact) mass is 353 g/mol. The molecule has 0 bridgehead atoms. The molecule has 26 heavy (non-hydrogen) atoms. The molecule has 0 atom stereocenters. The summed E-state index contributed by atoms with van der Waals surface area (Å²) >= 11 is 0. The molecule has 1 aliphatic carbocycles. The van der Waals surface area contributed by atoms with Crippen molar-refractivity contribution in [2.75, 3.05) is 7.11 Å². The first kappa shape index (κ1) is 16.6. The van der Waals surface area contributed by atoms with Gasteiger partial charge in [0.15, 0.2) is 0 Å². The van der Waals surface area contributed by atoms with E-state index in [1.54, 1.807) is 25.5 Å². The summed E-state index contributed by atoms with van der Waals surface area (Å²) in [6.45, 7) is 0. The first-order valence-electron chi connectivity index (χ1n) is 8.71. The minimum atomic E-state index is -0.381. The predicted molar refractivity (Wildman–Crippen MR) is 96.5 cm³/mol. The normalized spacial score (nSPS) is 15.5. The van der Waals surface area contributed by atoms with Gasteiger partial charge in [-0.1, -0.05) is 12.1 Å². The number of benzene rings is 2. The summed E-state index contributed by atoms with van der Waals surface area (Å²) in [6, 6.07) is 12.0. The Balaban J connectivity index is 1.52. The summed E-state index contributed by atoms with van der Waals surface area (Å²) in [5, 5.41) is 4.07. The molecule has 0 saturated heterocycles. The van der Waals surface area contributed by atoms with Crippen LogP contribution in [0, 0.1) is 5.82 Å². The minimum Gasteiger partial charge on any atom is -0.497 e. The van der Waals surface area contributed by atoms with Crippen LogP contribution in [0.5, 0.6) is 5.75 Å². The Labute approximate surface area is 151 Å². The van der Waals surface area contributed by atoms with Gasteiger partial charge >= 0.3 is 0 Å². The van der Waals surface area contributed by atoms with Crippen LogP contribution < -0.4 is 10.1 Å². The van der Waals surface area contributed by atoms with Crippen molar-refractivity contribution in [3.63, 3.8) is 0 Å². The van der Waals surface area contributed by atoms with Crippen LogP contribution in [-0.2, 0) is 16.8 Å². The topological polar surface area (TPSA) is 51.5 Å². The molecule has 0 radical (unpaired) electrons. The van der Waals surface area contributed by atoms with Gasteiger partial charge in [-0.2, -0.15) is 0 Å². The van der Waals surface area contributed by atoms with E-state index >= 15 is 0 Å². The number of rotatable bonds is 5. The highest BCUT2D eigenvalue weighted by molar-refractivity contribution is 5.88. The Kier molecular flexibility index (Phi) is 4.15. The lowest BCUT2D eigenvalue weighted by atomic mass is 9.71. The van der Waals surface area contributed by atoms with Crippen LogP contribution >= 0.6 is 0 Å². The Morgan fingerprint density at radius 1 is 1.23 bits per heavy atom. The molecule has 1 N–H and O–H groups in total. The molecule has 0 aliphatic heterocycles. The number of amides is 1. The predicted octanol–water partition coefficient (Wildman–Crippen LogP) is 4.32. The van der Waals surface area contributed by atoms with Gasteiger partial charge < -0.3 is 14.5 Å². The van der Waals surface area contributed by atoms with Crippen LogP contribution in [0.2, 0.25) is 0 Å². The smallest absolute Gasteiger partial charge is 0.225 e. The first-order chi connectivity index (χ1) is 12.6. The summed E-state index contributed by atoms with van der Waals surface area (Å²) in [5.41, 5.74) is 2.12. The van der Waals surface area contributed by atoms with Crippen molar-refractivity contribution in [1.29, 1.82) is 0 Å². The van der Waals surface area contributed by atoms with Crippen LogP contribution in [0.15, 0.2) is 53.1 Å². The number of nitrogens with one attached hydrogen (secondary N) is 1. The standard InChI is InChI=1S/C21H20FNO3/c1-25-17-7-8-18-14(13-26-19(18)12-17)11-20(24)23-21(9-2-10-21)15-3-5-16(22)6-4-15/h3-8,12-13H,2,9-11H2,1H3,(H,23,24). The maximum absolute atomic E-state index is 13.2. The third-order valence-corrected chi connectivity index (χ3v) is 5.20. The molecule has 0 unspecified atom stereocenters. The lowest BCUT2D eigenvalue weighted by Gasteiger charge is -2.43. The molecule has 1 fully saturated rings. The van der Waals surface area contributed by atoms with Gasteiger partial charge in [0.25, 0.3) is 0 Å². The van der Waals surface area contributed by atoms with E-state index < -0.39 is 0 Å². The van der Waals surface area contributed by atoms with E-state index in [1.165, 1.54) is 12.1 Å². The van der Waals surface area contributed by atoms with Crippen molar-refractivity contribution in [3.8, 4) is 5.75 Å². The fourth-order valence-electron chi connectivity index (χ4n) is 3.60. The van der Waals surface area contributed by atoms with Crippen LogP contribution in [0.1, 0.15) is 30.4 Å². The van der Waals surface area contributed by atoms with Crippen LogP contribution in [-0.4, -0.2) is 13.0 Å². The van der Waals surface area contributed by atoms with Crippen molar-refractivity contribution < 1.29 is 18.3 Å². The fraction of sp³-hybridized carbons (Fsp3) is 0.286. The van der Waals surface area contributed by atoms with Gasteiger partial charge in [0.2, 0.25) is 5.91 Å². The zero-order valence-electron chi connectivity index (χ0n) is 14.5. The number of halogens is 1. The molecule has 134 valence electrons. The van der Waals surface area contributed by atoms with Crippen molar-refractivity contribution in [3.05, 3.63) is 65.7 Å². The van der Waals surface area contributed by atoms with Gasteiger partial charge in [-0.05, 0) is 49.1 Å². The number of ether oxygens (including phenoxy) is 1. The molecule has 1 heterocycles. The van der Waals surface area contributed by atoms with Gasteiger partial charge in [0, 0.05) is 17.0 Å². The number of furan rings is 1. The molecule has 1 aliphatic rings. The largest absolute Gasteiger partial charge is 0.497 e. The highest BCUT2D eigenvalue weighted by atomic mass is 19.1. The summed E-state index contributed by atoms with van der Waals surface area (Å²) in [6.07, 6.45) is 4.64. The molecular weight excluding hydrogens is 333 g/mol. The Hall–Kier alpha value is -2.82. The van der Waals surface area contributed by atoms with Gasteiger partial charge in [0.05, 0.1) is 25.3 Å². The van der Waals surface area contributed by atoms with Gasteiger partial charge in [-0.25, -0.2) is 4.39 Å². The van der Waals surface area contributed by atoms with E-state index in [2.05, 4.69) is 5.32 Å². The van der Waals surface area contributed by atoms with Gasteiger partial charge in [-0.15, -0.1) is 0 Å². The van der Waals surface area contributed by atoms with E-state index in [0.29, 0.717) is 11.3 Å².